The Morgan fingerprint density at radius 1 is 0.568 bits per heavy atom. The number of anilines is 6. The van der Waals surface area contributed by atoms with Crippen molar-refractivity contribution in [2.45, 2.75) is 134 Å². The molecule has 6 aliphatic rings. The van der Waals surface area contributed by atoms with Gasteiger partial charge in [0, 0.05) is 90.3 Å². The minimum absolute atomic E-state index is 0. The number of hydrogen-bond acceptors (Lipinski definition) is 28. The number of rotatable bonds is 21. The van der Waals surface area contributed by atoms with Gasteiger partial charge < -0.3 is 65.0 Å². The number of ether oxygens (including phenoxy) is 5. The number of benzene rings is 4. The topological polar surface area (TPSA) is 426 Å². The maximum Gasteiger partial charge on any atom is 1.00 e. The Bertz CT molecular complexity index is 5100. The Morgan fingerprint density at radius 3 is 1.26 bits per heavy atom. The van der Waals surface area contributed by atoms with Crippen LogP contribution in [0.5, 0.6) is 0 Å². The summed E-state index contributed by atoms with van der Waals surface area (Å²) in [6.45, 7) is 24.5. The Balaban J connectivity index is 0.000000342. The summed E-state index contributed by atoms with van der Waals surface area (Å²) in [5.74, 6) is -0.413. The van der Waals surface area contributed by atoms with Crippen LogP contribution in [-0.4, -0.2) is 207 Å². The molecule has 3 aromatic heterocycles. The van der Waals surface area contributed by atoms with Crippen molar-refractivity contribution in [3.05, 3.63) is 178 Å². The molecule has 125 heavy (non-hydrogen) atoms. The van der Waals surface area contributed by atoms with Crippen LogP contribution in [0.2, 0.25) is 20.1 Å². The number of carbonyl (C=O) groups excluding carboxylic acids is 5. The molecule has 4 aromatic carbocycles. The van der Waals surface area contributed by atoms with Gasteiger partial charge in [-0.05, 0) is 123 Å². The molecule has 0 spiro atoms. The summed E-state index contributed by atoms with van der Waals surface area (Å²) in [6.07, 6.45) is -0.428. The number of azide groups is 1. The van der Waals surface area contributed by atoms with Gasteiger partial charge in [0.2, 0.25) is 17.7 Å². The van der Waals surface area contributed by atoms with Crippen LogP contribution < -0.4 is 64.7 Å². The molecule has 2 unspecified atom stereocenters. The molecule has 666 valence electrons. The third kappa shape index (κ3) is 29.7. The van der Waals surface area contributed by atoms with E-state index in [1.807, 2.05) is 90.9 Å². The van der Waals surface area contributed by atoms with Gasteiger partial charge in [-0.25, -0.2) is 19.9 Å². The molecule has 0 bridgehead atoms. The number of esters is 1. The van der Waals surface area contributed by atoms with Gasteiger partial charge in [0.25, 0.3) is 5.91 Å². The second kappa shape index (κ2) is 53.2. The van der Waals surface area contributed by atoms with Gasteiger partial charge >= 0.3 is 35.5 Å². The van der Waals surface area contributed by atoms with E-state index in [-0.39, 0.29) is 146 Å². The third-order valence-electron chi connectivity index (χ3n) is 19.1. The number of thioether (sulfide) groups is 1. The summed E-state index contributed by atoms with van der Waals surface area (Å²) in [4.78, 5) is 106. The van der Waals surface area contributed by atoms with Crippen LogP contribution in [0.1, 0.15) is 122 Å². The Labute approximate surface area is 793 Å². The van der Waals surface area contributed by atoms with Crippen molar-refractivity contribution in [3.63, 3.8) is 0 Å². The van der Waals surface area contributed by atoms with E-state index >= 15 is 0 Å². The minimum Gasteiger partial charge on any atom is -0.460 e. The number of carbonyl (C=O) groups is 5. The number of morpholine rings is 4. The van der Waals surface area contributed by atoms with Crippen LogP contribution >= 0.6 is 104 Å². The number of thiazole rings is 3. The van der Waals surface area contributed by atoms with Crippen LogP contribution in [0.4, 0.5) is 32.8 Å². The molecule has 4 fully saturated rings. The van der Waals surface area contributed by atoms with Crippen molar-refractivity contribution in [1.29, 1.82) is 15.8 Å². The number of aliphatic imine (C=N–C) groups is 2. The molecule has 2 atom stereocenters. The number of amidine groups is 2. The van der Waals surface area contributed by atoms with Crippen LogP contribution in [0.15, 0.2) is 87.9 Å². The second-order valence-corrected chi connectivity index (χ2v) is 33.9. The number of amides is 4. The van der Waals surface area contributed by atoms with Crippen LogP contribution in [-0.2, 0) is 73.8 Å². The standard InChI is InChI=1S/C24H29ClN4O4S.C18H18Cl2N4O2S.C18H18ClN7O2S.C18H22ClN5O2S.4CH4.N3.Na/c1-16-17(6-5-7-18(16)25)15-29(20(30)8-9-21(31)33-24(2,3)4)22-19(14-26)34-23(27-22)28-10-12-32-13-11-28;1-12-13(3-2-4-14(12)20)11-24(16(25)9-19)17-15(10-21)27-18(22-17)23-5-7-26-8-6-23;1-12-13(3-2-4-14(12)19)11-26(16(27)10-22-24-21)17-15(9-20)29-18(23-17)25-5-7-28-8-6-25;1-11-12(3-2-4-13(11)19)10-24-14(9-20)21-17(25)15-16(24)22-18(27-15)23-5-7-26-8-6-23;;;;;1-3-2;/h5-7H,8-13,15H2,1-4H3;2-4H,5-9,11H2,1H3;2-4H,5-8,10-11H2,1H3;2-4,15-16H,5-10,20H2,1H3;4*1H4;;/q;;;;;;;;-1;+1. The Morgan fingerprint density at radius 2 is 0.912 bits per heavy atom. The summed E-state index contributed by atoms with van der Waals surface area (Å²) < 4.78 is 26.9. The Hall–Kier alpha value is -8.65. The fourth-order valence-electron chi connectivity index (χ4n) is 12.6. The molecule has 0 saturated carbocycles. The smallest absolute Gasteiger partial charge is 0.460 e. The number of hydrogen-bond donors (Lipinski definition) is 1. The molecule has 7 aromatic rings. The molecule has 33 nitrogen and oxygen atoms in total. The molecule has 2 N–H and O–H groups in total. The second-order valence-electron chi connectivity index (χ2n) is 28.0. The molecule has 13 rings (SSSR count). The van der Waals surface area contributed by atoms with Crippen molar-refractivity contribution in [3.8, 4) is 18.2 Å². The molecule has 0 radical (unpaired) electrons. The number of nitriles is 3. The first kappa shape index (κ1) is 109. The molecule has 6 aliphatic heterocycles. The maximum absolute atomic E-state index is 13.4. The predicted molar refractivity (Wildman–Crippen MR) is 497 cm³/mol. The normalized spacial score (nSPS) is 15.5. The fraction of sp³-hybridized carbons (Fsp3) is 0.476. The van der Waals surface area contributed by atoms with E-state index in [1.165, 1.54) is 65.4 Å². The van der Waals surface area contributed by atoms with E-state index in [0.29, 0.717) is 161 Å². The molecular weight excluding hydrogens is 1800 g/mol. The van der Waals surface area contributed by atoms with E-state index in [2.05, 4.69) is 58.0 Å². The molecule has 4 saturated heterocycles. The van der Waals surface area contributed by atoms with Crippen LogP contribution in [0, 0.1) is 61.7 Å². The Kier molecular flexibility index (Phi) is 46.3. The molecule has 4 amide bonds. The van der Waals surface area contributed by atoms with E-state index in [4.69, 9.17) is 109 Å². The summed E-state index contributed by atoms with van der Waals surface area (Å²) in [6, 6.07) is 28.8. The quantitative estimate of drug-likeness (QED) is 0.0174. The number of halogens is 5. The van der Waals surface area contributed by atoms with Gasteiger partial charge in [-0.3, -0.25) is 43.6 Å². The van der Waals surface area contributed by atoms with Gasteiger partial charge in [-0.15, -0.1) is 11.6 Å². The van der Waals surface area contributed by atoms with Crippen molar-refractivity contribution in [1.82, 2.24) is 24.8 Å². The van der Waals surface area contributed by atoms with E-state index in [9.17, 15) is 39.8 Å². The summed E-state index contributed by atoms with van der Waals surface area (Å²) in [7, 11) is 0. The number of nitrogens with zero attached hydrogens (tertiary/aromatic N) is 22. The van der Waals surface area contributed by atoms with Gasteiger partial charge in [0.15, 0.2) is 52.6 Å². The first-order valence-corrected chi connectivity index (χ1v) is 43.1. The third-order valence-corrected chi connectivity index (χ3v) is 25.3. The van der Waals surface area contributed by atoms with E-state index in [1.54, 1.807) is 45.0 Å². The number of fused-ring (bicyclic) bond motifs is 1. The maximum atomic E-state index is 13.4. The van der Waals surface area contributed by atoms with Gasteiger partial charge in [-0.2, -0.15) is 20.8 Å². The average molecular weight is 1900 g/mol. The molecule has 43 heteroatoms. The van der Waals surface area contributed by atoms with Crippen molar-refractivity contribution < 1.29 is 77.2 Å². The molecule has 9 heterocycles. The van der Waals surface area contributed by atoms with Crippen molar-refractivity contribution >= 4 is 177 Å². The van der Waals surface area contributed by atoms with Gasteiger partial charge in [0.05, 0.1) is 85.5 Å². The number of alkyl halides is 1. The van der Waals surface area contributed by atoms with E-state index in [0.717, 1.165) is 67.8 Å². The SMILES string of the molecule is C.C.C.C.Cc1c(Cl)cccc1CN(C(=O)CCC(=O)OC(C)(C)C)c1nc(N2CCOCC2)sc1C#N.Cc1c(Cl)cccc1CN(C(=O)CCl)c1nc(N2CCOCC2)sc1C#N.Cc1c(Cl)cccc1CN(C(=O)CN=[N+]=[N-])c1nc(N2CCOCC2)sc1C#N.Cc1c(Cl)cccc1CN1C(CN)=NC(=O)C2SC(N3CCOCC3)=NC21.[N-]=[N+]=[N-].[Na+]. The largest absolute Gasteiger partial charge is 1.00 e. The average Bonchev–Trinajstić information content (AvgIpc) is 1.64. The predicted octanol–water partition coefficient (Wildman–Crippen LogP) is 13.6. The first-order valence-electron chi connectivity index (χ1n) is 37.7. The minimum atomic E-state index is -0.631. The van der Waals surface area contributed by atoms with Crippen LogP contribution in [0.3, 0.4) is 0 Å². The zero-order valence-corrected chi connectivity index (χ0v) is 76.8. The number of aromatic nitrogens is 3. The first-order chi connectivity index (χ1) is 57.7. The molecular formula is C82H103Cl5N23NaO10S4. The zero-order valence-electron chi connectivity index (χ0n) is 67.8. The van der Waals surface area contributed by atoms with E-state index < -0.39 is 17.5 Å². The van der Waals surface area contributed by atoms with Gasteiger partial charge in [-0.1, -0.05) is 176 Å². The number of nitrogens with two attached hydrogens (primary N) is 1. The fourth-order valence-corrected chi connectivity index (χ4v) is 17.5. The summed E-state index contributed by atoms with van der Waals surface area (Å²) in [5, 5.41) is 37.5. The summed E-state index contributed by atoms with van der Waals surface area (Å²) >= 11 is 36.1. The van der Waals surface area contributed by atoms with Gasteiger partial charge in [0.1, 0.15) is 53.5 Å². The van der Waals surface area contributed by atoms with Crippen molar-refractivity contribution in [2.24, 2.45) is 20.8 Å². The molecule has 0 aliphatic carbocycles. The van der Waals surface area contributed by atoms with Crippen molar-refractivity contribution in [2.75, 3.05) is 154 Å². The monoisotopic (exact) mass is 1900 g/mol. The zero-order chi connectivity index (χ0) is 86.7. The summed E-state index contributed by atoms with van der Waals surface area (Å²) in [5.41, 5.74) is 34.6. The van der Waals surface area contributed by atoms with Crippen LogP contribution in [0.25, 0.3) is 26.4 Å².